The van der Waals surface area contributed by atoms with Gasteiger partial charge in [0.1, 0.15) is 22.9 Å². The third-order valence-electron chi connectivity index (χ3n) is 11.8. The van der Waals surface area contributed by atoms with Crippen molar-refractivity contribution in [1.29, 1.82) is 0 Å². The van der Waals surface area contributed by atoms with Gasteiger partial charge in [-0.05, 0) is 46.9 Å². The summed E-state index contributed by atoms with van der Waals surface area (Å²) in [4.78, 5) is 110. The normalized spacial score (nSPS) is 17.0. The zero-order valence-electron chi connectivity index (χ0n) is 34.9. The van der Waals surface area contributed by atoms with Crippen molar-refractivity contribution in [1.82, 2.24) is 14.8 Å². The summed E-state index contributed by atoms with van der Waals surface area (Å²) >= 11 is 13.0. The van der Waals surface area contributed by atoms with Crippen LogP contribution in [0.5, 0.6) is 11.5 Å². The molecule has 0 bridgehead atoms. The second kappa shape index (κ2) is 19.0. The number of fused-ring (bicyclic) bond motifs is 6. The molecule has 0 radical (unpaired) electrons. The zero-order valence-corrected chi connectivity index (χ0v) is 38.2. The molecule has 3 aliphatic rings. The van der Waals surface area contributed by atoms with Crippen LogP contribution in [0, 0.1) is 0 Å². The van der Waals surface area contributed by atoms with Crippen LogP contribution in [-0.2, 0) is 30.1 Å². The minimum Gasteiger partial charge on any atom is -0.404 e. The van der Waals surface area contributed by atoms with E-state index in [2.05, 4.69) is 5.32 Å². The zero-order chi connectivity index (χ0) is 47.1. The summed E-state index contributed by atoms with van der Waals surface area (Å²) in [5.74, 6) is -3.24. The molecule has 66 heavy (non-hydrogen) atoms. The van der Waals surface area contributed by atoms with Crippen LogP contribution in [0.25, 0.3) is 21.5 Å². The number of imide groups is 1. The summed E-state index contributed by atoms with van der Waals surface area (Å²) in [5, 5.41) is 4.78. The highest BCUT2D eigenvalue weighted by Crippen LogP contribution is 2.51. The summed E-state index contributed by atoms with van der Waals surface area (Å²) < 4.78 is 35.9. The number of hydrogen-bond donors (Lipinski definition) is 5. The van der Waals surface area contributed by atoms with Crippen LogP contribution in [0.1, 0.15) is 69.6 Å². The summed E-state index contributed by atoms with van der Waals surface area (Å²) in [5.41, 5.74) is 1.95. The number of amides is 5. The number of phosphoric ester groups is 2. The Morgan fingerprint density at radius 1 is 0.652 bits per heavy atom. The quantitative estimate of drug-likeness (QED) is 0.0297. The first-order valence-corrected chi connectivity index (χ1v) is 25.0. The van der Waals surface area contributed by atoms with Crippen molar-refractivity contribution >= 4 is 101 Å². The van der Waals surface area contributed by atoms with Crippen LogP contribution < -0.4 is 24.2 Å². The van der Waals surface area contributed by atoms with Gasteiger partial charge >= 0.3 is 15.6 Å². The van der Waals surface area contributed by atoms with Crippen molar-refractivity contribution in [3.05, 3.63) is 107 Å². The average molecular weight is 983 g/mol. The minimum absolute atomic E-state index is 0.0252. The van der Waals surface area contributed by atoms with E-state index < -0.39 is 39.3 Å². The molecule has 5 amide bonds. The first-order valence-electron chi connectivity index (χ1n) is 20.8. The van der Waals surface area contributed by atoms with Crippen molar-refractivity contribution in [3.63, 3.8) is 0 Å². The van der Waals surface area contributed by atoms with Gasteiger partial charge in [-0.1, -0.05) is 55.0 Å². The van der Waals surface area contributed by atoms with Gasteiger partial charge in [-0.25, -0.2) is 9.13 Å². The number of carbonyl (C=O) groups is 5. The molecule has 4 heterocycles. The fourth-order valence-corrected chi connectivity index (χ4v) is 10.3. The molecule has 5 aromatic rings. The Balaban J connectivity index is 1.12. The Labute approximate surface area is 387 Å². The fourth-order valence-electron chi connectivity index (χ4n) is 9.01. The van der Waals surface area contributed by atoms with E-state index in [4.69, 9.17) is 32.2 Å². The number of halogens is 2. The number of nitrogens with one attached hydrogen (secondary N) is 1. The lowest BCUT2D eigenvalue weighted by atomic mass is 9.95. The molecule has 4 aromatic carbocycles. The maximum atomic E-state index is 14.9. The Kier molecular flexibility index (Phi) is 13.5. The van der Waals surface area contributed by atoms with Gasteiger partial charge in [0.25, 0.3) is 23.6 Å². The first kappa shape index (κ1) is 47.0. The van der Waals surface area contributed by atoms with Gasteiger partial charge in [-0.15, -0.1) is 23.2 Å². The lowest BCUT2D eigenvalue weighted by Gasteiger charge is -2.23. The number of hydrogen-bond acceptors (Lipinski definition) is 9. The first-order chi connectivity index (χ1) is 31.5. The number of aromatic nitrogens is 1. The van der Waals surface area contributed by atoms with Gasteiger partial charge in [-0.2, -0.15) is 0 Å². The maximum Gasteiger partial charge on any atom is 0.524 e. The molecule has 3 aliphatic heterocycles. The Bertz CT molecular complexity index is 2760. The molecule has 0 saturated carbocycles. The second-order valence-electron chi connectivity index (χ2n) is 16.0. The lowest BCUT2D eigenvalue weighted by Crippen LogP contribution is -2.36. The molecule has 2 atom stereocenters. The molecule has 1 aromatic heterocycles. The molecule has 1 unspecified atom stereocenters. The molecule has 8 rings (SSSR count). The molecule has 22 heteroatoms. The number of unbranched alkanes of at least 4 members (excludes halogenated alkanes) is 2. The molecule has 346 valence electrons. The van der Waals surface area contributed by atoms with Gasteiger partial charge in [0.2, 0.25) is 5.91 Å². The van der Waals surface area contributed by atoms with E-state index in [1.165, 1.54) is 50.8 Å². The number of nitrogens with zero attached hydrogens (tertiary/aromatic N) is 4. The monoisotopic (exact) mass is 981 g/mol. The summed E-state index contributed by atoms with van der Waals surface area (Å²) in [7, 11) is -10.1. The van der Waals surface area contributed by atoms with Crippen LogP contribution in [0.4, 0.5) is 11.4 Å². The predicted molar refractivity (Wildman–Crippen MR) is 245 cm³/mol. The molecule has 0 fully saturated rings. The number of rotatable bonds is 17. The topological polar surface area (TPSA) is 246 Å². The largest absolute Gasteiger partial charge is 0.524 e. The number of benzene rings is 4. The molecule has 5 N–H and O–H groups in total. The third-order valence-corrected chi connectivity index (χ3v) is 13.4. The van der Waals surface area contributed by atoms with E-state index in [-0.39, 0.29) is 91.5 Å². The highest BCUT2D eigenvalue weighted by molar-refractivity contribution is 7.47. The lowest BCUT2D eigenvalue weighted by molar-refractivity contribution is -0.137. The molecule has 18 nitrogen and oxygen atoms in total. The standard InChI is InChI=1S/C44H43Cl2N5O13P2/c45-22-26-24-50(34-20-36(63-65(57,58)59)28-8-3-5-10-30(28)41(26)34)43(55)32-13-14-33(48(32)19-17-47-38(52)12-2-1-7-18-49-39(53)15-16-40(49)54)44(56)51-25-27(23-46)42-31-11-6-4-9-29(31)37(21-35(42)51)64-66(60,61)62/h3-6,8-11,13-16,20-21,26-27H,1-2,7,12,17-19,22-25H2,(H,47,52)(H2,57,58,59)(H2,60,61,62)/t26-,27?/m1/s1. The molecule has 0 spiro atoms. The van der Waals surface area contributed by atoms with Crippen molar-refractivity contribution in [2.45, 2.75) is 44.1 Å². The second-order valence-corrected chi connectivity index (χ2v) is 18.9. The number of alkyl halides is 2. The van der Waals surface area contributed by atoms with Gasteiger partial charge in [0, 0.05) is 97.8 Å². The van der Waals surface area contributed by atoms with Crippen LogP contribution in [0.3, 0.4) is 0 Å². The third kappa shape index (κ3) is 9.51. The van der Waals surface area contributed by atoms with Gasteiger partial charge in [0.05, 0.1) is 11.4 Å². The van der Waals surface area contributed by atoms with E-state index in [1.54, 1.807) is 48.5 Å². The SMILES string of the molecule is O=C(CCCCCN1C(=O)C=CC1=O)NCCn1c(C(=O)N2CC(CCl)c3c2cc(OP(=O)(O)O)c2ccccc32)ccc1C(=O)N1C[C@@H](CCl)c2c1cc(OP(=O)(O)O)c1ccccc21. The highest BCUT2D eigenvalue weighted by atomic mass is 35.5. The van der Waals surface area contributed by atoms with Gasteiger partial charge in [0.15, 0.2) is 0 Å². The summed E-state index contributed by atoms with van der Waals surface area (Å²) in [6, 6.07) is 19.3. The van der Waals surface area contributed by atoms with Crippen LogP contribution in [0.15, 0.2) is 84.9 Å². The minimum atomic E-state index is -5.06. The van der Waals surface area contributed by atoms with Crippen molar-refractivity contribution in [3.8, 4) is 11.5 Å². The van der Waals surface area contributed by atoms with Crippen LogP contribution in [0.2, 0.25) is 0 Å². The molecular formula is C44H43Cl2N5O13P2. The Morgan fingerprint density at radius 3 is 1.55 bits per heavy atom. The van der Waals surface area contributed by atoms with Crippen LogP contribution in [-0.4, -0.2) is 96.5 Å². The molecule has 0 saturated heterocycles. The van der Waals surface area contributed by atoms with Crippen molar-refractivity contribution in [2.24, 2.45) is 0 Å². The Hall–Kier alpha value is -5.55. The summed E-state index contributed by atoms with van der Waals surface area (Å²) in [6.45, 7) is 0.246. The van der Waals surface area contributed by atoms with E-state index in [0.29, 0.717) is 63.3 Å². The predicted octanol–water partition coefficient (Wildman–Crippen LogP) is 6.30. The number of phosphoric acid groups is 2. The van der Waals surface area contributed by atoms with E-state index >= 15 is 0 Å². The van der Waals surface area contributed by atoms with E-state index in [1.807, 2.05) is 0 Å². The fraction of sp³-hybridized carbons (Fsp3) is 0.295. The summed E-state index contributed by atoms with van der Waals surface area (Å²) in [6.07, 6.45) is 4.08. The van der Waals surface area contributed by atoms with Crippen molar-refractivity contribution < 1.29 is 61.7 Å². The highest BCUT2D eigenvalue weighted by Gasteiger charge is 2.40. The van der Waals surface area contributed by atoms with E-state index in [0.717, 1.165) is 4.90 Å². The maximum absolute atomic E-state index is 14.9. The number of carbonyl (C=O) groups excluding carboxylic acids is 5. The van der Waals surface area contributed by atoms with Crippen LogP contribution >= 0.6 is 38.8 Å². The Morgan fingerprint density at radius 2 is 1.11 bits per heavy atom. The molecular weight excluding hydrogens is 939 g/mol. The van der Waals surface area contributed by atoms with Gasteiger partial charge < -0.3 is 28.7 Å². The average Bonchev–Trinajstić information content (AvgIpc) is 4.05. The van der Waals surface area contributed by atoms with Gasteiger partial charge in [-0.3, -0.25) is 48.4 Å². The van der Waals surface area contributed by atoms with E-state index in [9.17, 15) is 52.7 Å². The molecule has 0 aliphatic carbocycles. The van der Waals surface area contributed by atoms with Crippen molar-refractivity contribution in [2.75, 3.05) is 47.7 Å². The smallest absolute Gasteiger partial charge is 0.404 e. The number of anilines is 2.